The van der Waals surface area contributed by atoms with Crippen LogP contribution in [0.4, 0.5) is 5.69 Å². The molecule has 246 valence electrons. The Kier molecular flexibility index (Phi) is 11.2. The van der Waals surface area contributed by atoms with Crippen LogP contribution in [0.5, 0.6) is 0 Å². The Morgan fingerprint density at radius 3 is 1.91 bits per heavy atom. The summed E-state index contributed by atoms with van der Waals surface area (Å²) >= 11 is 0. The Morgan fingerprint density at radius 1 is 0.761 bits per heavy atom. The van der Waals surface area contributed by atoms with E-state index >= 15 is 0 Å². The molecule has 0 fully saturated rings. The van der Waals surface area contributed by atoms with Gasteiger partial charge in [0.25, 0.3) is 0 Å². The number of allylic oxidation sites excluding steroid dienone is 3. The van der Waals surface area contributed by atoms with Gasteiger partial charge in [0.15, 0.2) is 5.90 Å². The molecule has 0 N–H and O–H groups in total. The van der Waals surface area contributed by atoms with Crippen molar-refractivity contribution in [2.24, 2.45) is 9.98 Å². The van der Waals surface area contributed by atoms with Crippen molar-refractivity contribution in [3.05, 3.63) is 90.8 Å². The van der Waals surface area contributed by atoms with Crippen molar-refractivity contribution >= 4 is 35.4 Å². The van der Waals surface area contributed by atoms with E-state index < -0.39 is 0 Å². The van der Waals surface area contributed by atoms with E-state index in [9.17, 15) is 4.79 Å². The normalized spacial score (nSPS) is 18.8. The van der Waals surface area contributed by atoms with E-state index in [4.69, 9.17) is 19.7 Å². The number of aromatic nitrogens is 1. The van der Waals surface area contributed by atoms with Crippen molar-refractivity contribution in [2.75, 3.05) is 7.11 Å². The number of hydrogen-bond donors (Lipinski definition) is 0. The number of hydrogen-bond acceptors (Lipinski definition) is 4. The van der Waals surface area contributed by atoms with E-state index in [1.54, 1.807) is 7.11 Å². The molecule has 0 atom stereocenters. The third-order valence-electron chi connectivity index (χ3n) is 10.1. The molecule has 6 nitrogen and oxygen atoms in total. The van der Waals surface area contributed by atoms with Crippen molar-refractivity contribution < 1.29 is 26.0 Å². The molecule has 1 aromatic carbocycles. The maximum absolute atomic E-state index is 12.6. The van der Waals surface area contributed by atoms with Gasteiger partial charge in [-0.15, -0.1) is 17.1 Å². The third kappa shape index (κ3) is 5.59. The first-order valence-corrected chi connectivity index (χ1v) is 17.0. The standard InChI is InChI=1S/C39H49N4O2.Ni/c1-10-23-24(11-2)32(22-34-26(13-4)28(15-6)37(44)42-34)40-31(23)21-33-25(12-3)27(14-5)35(41-33)29-19-18-20-30-36(29)43-38(45-9)39(30,16-7)17-8;/h18-22H,10-17H2,1-9H3,(H-,40,41,42,44);/q-1;+2/p-1. The van der Waals surface area contributed by atoms with Gasteiger partial charge in [-0.1, -0.05) is 102 Å². The van der Waals surface area contributed by atoms with Crippen LogP contribution in [-0.4, -0.2) is 24.6 Å². The van der Waals surface area contributed by atoms with Crippen molar-refractivity contribution in [1.29, 1.82) is 0 Å². The first-order valence-electron chi connectivity index (χ1n) is 17.0. The zero-order valence-corrected chi connectivity index (χ0v) is 30.0. The first kappa shape index (κ1) is 35.4. The van der Waals surface area contributed by atoms with Gasteiger partial charge in [-0.05, 0) is 73.6 Å². The van der Waals surface area contributed by atoms with Crippen LogP contribution in [0.3, 0.4) is 0 Å². The summed E-state index contributed by atoms with van der Waals surface area (Å²) in [7, 11) is 1.73. The van der Waals surface area contributed by atoms with Crippen LogP contribution < -0.4 is 4.98 Å². The Hall–Kier alpha value is -3.44. The SMILES string of the molecule is CCC1=C(CC)/C(=C/c2[n-]c(/C=C3\[N-]C(=O)C(CC)=C3CC)c(CC)c2CC)N=C1c1cccc2c1N=C(OC)C2(CC)CC.[Ni+2]. The van der Waals surface area contributed by atoms with Gasteiger partial charge in [-0.3, -0.25) is 0 Å². The van der Waals surface area contributed by atoms with Crippen molar-refractivity contribution in [3.8, 4) is 0 Å². The molecule has 0 unspecified atom stereocenters. The summed E-state index contributed by atoms with van der Waals surface area (Å²) in [6.45, 7) is 17.3. The molecule has 3 aliphatic rings. The Morgan fingerprint density at radius 2 is 1.37 bits per heavy atom. The van der Waals surface area contributed by atoms with Crippen molar-refractivity contribution in [2.45, 2.75) is 112 Å². The van der Waals surface area contributed by atoms with Crippen LogP contribution in [0.25, 0.3) is 17.5 Å². The number of carbonyl (C=O) groups is 1. The van der Waals surface area contributed by atoms with E-state index in [0.717, 1.165) is 102 Å². The zero-order chi connectivity index (χ0) is 32.5. The molecule has 0 saturated carbocycles. The fourth-order valence-corrected chi connectivity index (χ4v) is 7.68. The largest absolute Gasteiger partial charge is 2.00 e. The summed E-state index contributed by atoms with van der Waals surface area (Å²) in [5, 5.41) is 4.43. The summed E-state index contributed by atoms with van der Waals surface area (Å²) in [5.74, 6) is 0.692. The molecule has 1 aromatic heterocycles. The van der Waals surface area contributed by atoms with Gasteiger partial charge in [-0.25, -0.2) is 9.98 Å². The maximum atomic E-state index is 12.6. The van der Waals surface area contributed by atoms with E-state index in [1.165, 1.54) is 27.8 Å². The zero-order valence-electron chi connectivity index (χ0n) is 29.0. The molecule has 5 rings (SSSR count). The van der Waals surface area contributed by atoms with E-state index in [-0.39, 0.29) is 27.8 Å². The van der Waals surface area contributed by atoms with Crippen LogP contribution in [-0.2, 0) is 44.3 Å². The van der Waals surface area contributed by atoms with Gasteiger partial charge < -0.3 is 19.8 Å². The molecule has 3 aliphatic heterocycles. The van der Waals surface area contributed by atoms with Crippen LogP contribution in [0.15, 0.2) is 61.9 Å². The van der Waals surface area contributed by atoms with Gasteiger partial charge >= 0.3 is 16.5 Å². The number of benzene rings is 1. The van der Waals surface area contributed by atoms with Gasteiger partial charge in [0, 0.05) is 5.56 Å². The average molecular weight is 664 g/mol. The topological polar surface area (TPSA) is 79.2 Å². The molecule has 2 aromatic rings. The van der Waals surface area contributed by atoms with Crippen LogP contribution >= 0.6 is 0 Å². The predicted octanol–water partition coefficient (Wildman–Crippen LogP) is 9.85. The van der Waals surface area contributed by atoms with E-state index in [0.29, 0.717) is 6.42 Å². The summed E-state index contributed by atoms with van der Waals surface area (Å²) in [6.07, 6.45) is 11.0. The quantitative estimate of drug-likeness (QED) is 0.225. The Labute approximate surface area is 285 Å². The summed E-state index contributed by atoms with van der Waals surface area (Å²) in [4.78, 5) is 28.2. The minimum Gasteiger partial charge on any atom is -0.657 e. The second kappa shape index (κ2) is 14.5. The monoisotopic (exact) mass is 662 g/mol. The molecule has 4 heterocycles. The van der Waals surface area contributed by atoms with Gasteiger partial charge in [0.2, 0.25) is 0 Å². The van der Waals surface area contributed by atoms with Crippen LogP contribution in [0.2, 0.25) is 0 Å². The number of aliphatic imine (C=N–C) groups is 2. The molecule has 0 spiro atoms. The minimum absolute atomic E-state index is 0. The molecular weight excluding hydrogens is 615 g/mol. The third-order valence-corrected chi connectivity index (χ3v) is 10.1. The van der Waals surface area contributed by atoms with E-state index in [2.05, 4.69) is 78.1 Å². The fraction of sp³-hybridized carbons (Fsp3) is 0.462. The maximum Gasteiger partial charge on any atom is 2.00 e. The predicted molar refractivity (Wildman–Crippen MR) is 187 cm³/mol. The average Bonchev–Trinajstić information content (AvgIpc) is 3.78. The molecule has 0 aliphatic carbocycles. The number of carbonyl (C=O) groups excluding carboxylic acids is 1. The van der Waals surface area contributed by atoms with E-state index in [1.807, 2.05) is 13.0 Å². The number of amides is 1. The Bertz CT molecular complexity index is 1710. The van der Waals surface area contributed by atoms with Crippen molar-refractivity contribution in [1.82, 2.24) is 4.98 Å². The molecular formula is C39H48N4NiO2. The molecule has 0 radical (unpaired) electrons. The first-order chi connectivity index (χ1) is 21.8. The summed E-state index contributed by atoms with van der Waals surface area (Å²) in [5.41, 5.74) is 14.6. The second-order valence-corrected chi connectivity index (χ2v) is 11.9. The summed E-state index contributed by atoms with van der Waals surface area (Å²) in [6, 6.07) is 6.52. The van der Waals surface area contributed by atoms with Crippen LogP contribution in [0, 0.1) is 0 Å². The molecule has 0 saturated heterocycles. The van der Waals surface area contributed by atoms with Crippen LogP contribution in [0.1, 0.15) is 128 Å². The number of fused-ring (bicyclic) bond motifs is 1. The van der Waals surface area contributed by atoms with Gasteiger partial charge in [0.05, 0.1) is 35.5 Å². The van der Waals surface area contributed by atoms with Crippen molar-refractivity contribution in [3.63, 3.8) is 0 Å². The smallest absolute Gasteiger partial charge is 0.657 e. The molecule has 46 heavy (non-hydrogen) atoms. The number of ether oxygens (including phenoxy) is 1. The summed E-state index contributed by atoms with van der Waals surface area (Å²) < 4.78 is 5.88. The minimum atomic E-state index is -0.209. The molecule has 7 heteroatoms. The molecule has 1 amide bonds. The van der Waals surface area contributed by atoms with Gasteiger partial charge in [0.1, 0.15) is 0 Å². The second-order valence-electron chi connectivity index (χ2n) is 11.9. The number of rotatable bonds is 11. The number of methoxy groups -OCH3 is 1. The van der Waals surface area contributed by atoms with Gasteiger partial charge in [-0.2, -0.15) is 0 Å². The Balaban J connectivity index is 0.00000480. The number of para-hydroxylation sites is 1. The fourth-order valence-electron chi connectivity index (χ4n) is 7.68. The number of nitrogens with zero attached hydrogens (tertiary/aromatic N) is 4. The molecule has 0 bridgehead atoms.